The molecule has 0 fully saturated rings. The van der Waals surface area contributed by atoms with Crippen molar-refractivity contribution in [3.8, 4) is 5.75 Å². The van der Waals surface area contributed by atoms with Crippen LogP contribution in [0.2, 0.25) is 0 Å². The fourth-order valence-electron chi connectivity index (χ4n) is 1.60. The minimum Gasteiger partial charge on any atom is -0.497 e. The van der Waals surface area contributed by atoms with Crippen LogP contribution in [-0.4, -0.2) is 33.6 Å². The first-order chi connectivity index (χ1) is 9.65. The highest BCUT2D eigenvalue weighted by molar-refractivity contribution is 7.99. The molecule has 0 aliphatic rings. The molecule has 2 rings (SSSR count). The number of amides is 1. The molecular weight excluding hydrogens is 276 g/mol. The third kappa shape index (κ3) is 3.11. The van der Waals surface area contributed by atoms with Gasteiger partial charge in [0, 0.05) is 5.56 Å². The number of nitrogens with one attached hydrogen (secondary N) is 1. The average Bonchev–Trinajstić information content (AvgIpc) is 2.81. The van der Waals surface area contributed by atoms with Gasteiger partial charge in [0.25, 0.3) is 5.91 Å². The molecule has 0 atom stereocenters. The topological polar surface area (TPSA) is 69.0 Å². The van der Waals surface area contributed by atoms with E-state index in [4.69, 9.17) is 4.74 Å². The van der Waals surface area contributed by atoms with E-state index in [0.29, 0.717) is 22.3 Å². The zero-order valence-electron chi connectivity index (χ0n) is 11.6. The smallest absolute Gasteiger partial charge is 0.270 e. The number of methoxy groups -OCH3 is 1. The van der Waals surface area contributed by atoms with Crippen LogP contribution in [0.25, 0.3) is 0 Å². The molecule has 7 heteroatoms. The van der Waals surface area contributed by atoms with Gasteiger partial charge < -0.3 is 4.74 Å². The summed E-state index contributed by atoms with van der Waals surface area (Å²) in [5.74, 6) is 2.00. The number of aryl methyl sites for hydroxylation is 1. The first-order valence-electron chi connectivity index (χ1n) is 6.16. The van der Waals surface area contributed by atoms with Gasteiger partial charge in [0.2, 0.25) is 5.16 Å². The number of benzene rings is 1. The standard InChI is InChI=1S/C13H16N4O2S/c1-4-20-13-15-14-9(2)17(13)16-12(18)10-5-7-11(19-3)8-6-10/h5-8H,4H2,1-3H3,(H,16,18). The third-order valence-electron chi connectivity index (χ3n) is 2.63. The van der Waals surface area contributed by atoms with Gasteiger partial charge in [-0.25, -0.2) is 4.68 Å². The molecular formula is C13H16N4O2S. The van der Waals surface area contributed by atoms with Crippen molar-refractivity contribution in [1.82, 2.24) is 14.9 Å². The summed E-state index contributed by atoms with van der Waals surface area (Å²) in [6, 6.07) is 6.91. The molecule has 2 aromatic rings. The van der Waals surface area contributed by atoms with E-state index < -0.39 is 0 Å². The molecule has 1 aromatic carbocycles. The zero-order chi connectivity index (χ0) is 14.5. The van der Waals surface area contributed by atoms with Gasteiger partial charge >= 0.3 is 0 Å². The summed E-state index contributed by atoms with van der Waals surface area (Å²) in [6.45, 7) is 3.81. The van der Waals surface area contributed by atoms with Crippen molar-refractivity contribution in [3.63, 3.8) is 0 Å². The Bertz CT molecular complexity index is 595. The van der Waals surface area contributed by atoms with Gasteiger partial charge in [-0.05, 0) is 36.9 Å². The molecule has 106 valence electrons. The number of ether oxygens (including phenoxy) is 1. The third-order valence-corrected chi connectivity index (χ3v) is 3.45. The highest BCUT2D eigenvalue weighted by Crippen LogP contribution is 2.16. The van der Waals surface area contributed by atoms with E-state index in [1.165, 1.54) is 11.8 Å². The molecule has 0 saturated heterocycles. The quantitative estimate of drug-likeness (QED) is 0.855. The maximum atomic E-state index is 12.2. The van der Waals surface area contributed by atoms with Gasteiger partial charge in [0.05, 0.1) is 7.11 Å². The average molecular weight is 292 g/mol. The number of hydrogen-bond donors (Lipinski definition) is 1. The lowest BCUT2D eigenvalue weighted by Gasteiger charge is -2.10. The summed E-state index contributed by atoms with van der Waals surface area (Å²) in [5, 5.41) is 8.66. The Labute approximate surface area is 121 Å². The van der Waals surface area contributed by atoms with Crippen molar-refractivity contribution in [2.75, 3.05) is 18.3 Å². The monoisotopic (exact) mass is 292 g/mol. The van der Waals surface area contributed by atoms with E-state index in [2.05, 4.69) is 15.6 Å². The van der Waals surface area contributed by atoms with Crippen LogP contribution >= 0.6 is 11.8 Å². The van der Waals surface area contributed by atoms with Gasteiger partial charge in [0.1, 0.15) is 11.6 Å². The van der Waals surface area contributed by atoms with Gasteiger partial charge in [-0.15, -0.1) is 10.2 Å². The number of thioether (sulfide) groups is 1. The highest BCUT2D eigenvalue weighted by Gasteiger charge is 2.13. The first-order valence-corrected chi connectivity index (χ1v) is 7.14. The zero-order valence-corrected chi connectivity index (χ0v) is 12.4. The van der Waals surface area contributed by atoms with E-state index in [1.807, 2.05) is 6.92 Å². The van der Waals surface area contributed by atoms with Crippen molar-refractivity contribution in [1.29, 1.82) is 0 Å². The second kappa shape index (κ2) is 6.42. The molecule has 0 spiro atoms. The van der Waals surface area contributed by atoms with E-state index in [-0.39, 0.29) is 5.91 Å². The normalized spacial score (nSPS) is 10.3. The molecule has 0 aliphatic heterocycles. The minimum absolute atomic E-state index is 0.214. The number of carbonyl (C=O) groups excluding carboxylic acids is 1. The largest absolute Gasteiger partial charge is 0.497 e. The molecule has 0 unspecified atom stereocenters. The number of aromatic nitrogens is 3. The fourth-order valence-corrected chi connectivity index (χ4v) is 2.27. The van der Waals surface area contributed by atoms with E-state index in [0.717, 1.165) is 5.75 Å². The van der Waals surface area contributed by atoms with Crippen LogP contribution in [0.3, 0.4) is 0 Å². The summed E-state index contributed by atoms with van der Waals surface area (Å²) in [5.41, 5.74) is 3.34. The van der Waals surface area contributed by atoms with Crippen LogP contribution in [-0.2, 0) is 0 Å². The Morgan fingerprint density at radius 1 is 1.35 bits per heavy atom. The molecule has 1 aromatic heterocycles. The molecule has 1 heterocycles. The number of carbonyl (C=O) groups is 1. The number of rotatable bonds is 5. The van der Waals surface area contributed by atoms with Crippen LogP contribution in [0.1, 0.15) is 23.1 Å². The molecule has 1 N–H and O–H groups in total. The SMILES string of the molecule is CCSc1nnc(C)n1NC(=O)c1ccc(OC)cc1. The van der Waals surface area contributed by atoms with Crippen LogP contribution in [0.4, 0.5) is 0 Å². The van der Waals surface area contributed by atoms with Gasteiger partial charge in [-0.1, -0.05) is 18.7 Å². The van der Waals surface area contributed by atoms with Crippen molar-refractivity contribution >= 4 is 17.7 Å². The fraction of sp³-hybridized carbons (Fsp3) is 0.308. The first kappa shape index (κ1) is 14.4. The second-order valence-corrected chi connectivity index (χ2v) is 5.20. The summed E-state index contributed by atoms with van der Waals surface area (Å²) < 4.78 is 6.66. The second-order valence-electron chi connectivity index (χ2n) is 3.97. The van der Waals surface area contributed by atoms with Crippen LogP contribution in [0, 0.1) is 6.92 Å². The van der Waals surface area contributed by atoms with Crippen molar-refractivity contribution < 1.29 is 9.53 Å². The Kier molecular flexibility index (Phi) is 4.62. The van der Waals surface area contributed by atoms with E-state index in [9.17, 15) is 4.79 Å². The van der Waals surface area contributed by atoms with E-state index >= 15 is 0 Å². The van der Waals surface area contributed by atoms with Crippen LogP contribution in [0.15, 0.2) is 29.4 Å². The van der Waals surface area contributed by atoms with Crippen LogP contribution < -0.4 is 10.2 Å². The molecule has 1 amide bonds. The Balaban J connectivity index is 2.16. The molecule has 6 nitrogen and oxygen atoms in total. The van der Waals surface area contributed by atoms with Crippen molar-refractivity contribution in [2.45, 2.75) is 19.0 Å². The predicted molar refractivity (Wildman–Crippen MR) is 77.8 cm³/mol. The Hall–Kier alpha value is -2.02. The summed E-state index contributed by atoms with van der Waals surface area (Å²) in [6.07, 6.45) is 0. The summed E-state index contributed by atoms with van der Waals surface area (Å²) >= 11 is 1.52. The number of nitrogens with zero attached hydrogens (tertiary/aromatic N) is 3. The lowest BCUT2D eigenvalue weighted by Crippen LogP contribution is -2.24. The van der Waals surface area contributed by atoms with Gasteiger partial charge in [0.15, 0.2) is 0 Å². The van der Waals surface area contributed by atoms with Gasteiger partial charge in [-0.3, -0.25) is 10.2 Å². The van der Waals surface area contributed by atoms with Crippen molar-refractivity contribution in [2.24, 2.45) is 0 Å². The maximum Gasteiger partial charge on any atom is 0.270 e. The van der Waals surface area contributed by atoms with E-state index in [1.54, 1.807) is 43.0 Å². The summed E-state index contributed by atoms with van der Waals surface area (Å²) in [4.78, 5) is 12.2. The lowest BCUT2D eigenvalue weighted by atomic mass is 10.2. The number of hydrogen-bond acceptors (Lipinski definition) is 5. The summed E-state index contributed by atoms with van der Waals surface area (Å²) in [7, 11) is 1.59. The minimum atomic E-state index is -0.214. The molecule has 0 aliphatic carbocycles. The lowest BCUT2D eigenvalue weighted by molar-refractivity contribution is 0.100. The molecule has 0 saturated carbocycles. The van der Waals surface area contributed by atoms with Gasteiger partial charge in [-0.2, -0.15) is 0 Å². The molecule has 0 bridgehead atoms. The molecule has 20 heavy (non-hydrogen) atoms. The predicted octanol–water partition coefficient (Wildman–Crippen LogP) is 2.09. The Morgan fingerprint density at radius 2 is 2.05 bits per heavy atom. The molecule has 0 radical (unpaired) electrons. The van der Waals surface area contributed by atoms with Crippen molar-refractivity contribution in [3.05, 3.63) is 35.7 Å². The maximum absolute atomic E-state index is 12.2. The Morgan fingerprint density at radius 3 is 2.65 bits per heavy atom. The van der Waals surface area contributed by atoms with Crippen LogP contribution in [0.5, 0.6) is 5.75 Å². The highest BCUT2D eigenvalue weighted by atomic mass is 32.2.